The van der Waals surface area contributed by atoms with Gasteiger partial charge >= 0.3 is 0 Å². The largest absolute Gasteiger partial charge is 0.352 e. The van der Waals surface area contributed by atoms with Crippen LogP contribution in [0.15, 0.2) is 24.3 Å². The van der Waals surface area contributed by atoms with Crippen molar-refractivity contribution < 1.29 is 4.79 Å². The minimum absolute atomic E-state index is 0.127. The molecule has 0 unspecified atom stereocenters. The Hall–Kier alpha value is -0.670. The lowest BCUT2D eigenvalue weighted by Gasteiger charge is -2.05. The Morgan fingerprint density at radius 2 is 2.14 bits per heavy atom. The number of hydrogen-bond acceptors (Lipinski definition) is 2. The Morgan fingerprint density at radius 3 is 2.79 bits per heavy atom. The van der Waals surface area contributed by atoms with Crippen LogP contribution < -0.4 is 5.32 Å². The number of benzene rings is 1. The maximum absolute atomic E-state index is 11.5. The summed E-state index contributed by atoms with van der Waals surface area (Å²) in [4.78, 5) is 11.5. The maximum atomic E-state index is 11.5. The highest BCUT2D eigenvalue weighted by atomic mass is 35.5. The van der Waals surface area contributed by atoms with Crippen molar-refractivity contribution in [2.45, 2.75) is 6.42 Å². The average Bonchev–Trinajstić information content (AvgIpc) is 2.18. The molecule has 0 radical (unpaired) electrons. The third-order valence-corrected chi connectivity index (χ3v) is 2.38. The van der Waals surface area contributed by atoms with E-state index in [1.165, 1.54) is 0 Å². The first-order valence-corrected chi connectivity index (χ1v) is 5.40. The van der Waals surface area contributed by atoms with Gasteiger partial charge in [0.25, 0.3) is 5.91 Å². The molecule has 0 saturated heterocycles. The molecule has 0 aliphatic heterocycles. The van der Waals surface area contributed by atoms with Crippen molar-refractivity contribution in [3.8, 4) is 0 Å². The van der Waals surface area contributed by atoms with Gasteiger partial charge in [-0.05, 0) is 24.3 Å². The predicted molar refractivity (Wildman–Crippen MR) is 62.3 cm³/mol. The van der Waals surface area contributed by atoms with Crippen LogP contribution in [-0.4, -0.2) is 18.2 Å². The molecular weight excluding hydrogens is 218 g/mol. The standard InChI is InChI=1S/C10H12ClNOS/c11-9-5-2-1-4-8(9)10(13)12-6-3-7-14/h1-2,4-5,14H,3,6-7H2,(H,12,13). The van der Waals surface area contributed by atoms with Gasteiger partial charge in [-0.15, -0.1) is 0 Å². The van der Waals surface area contributed by atoms with Crippen LogP contribution in [0, 0.1) is 0 Å². The molecule has 0 atom stereocenters. The molecule has 0 aliphatic carbocycles. The molecule has 1 aromatic rings. The lowest BCUT2D eigenvalue weighted by molar-refractivity contribution is 0.0954. The van der Waals surface area contributed by atoms with Gasteiger partial charge in [-0.2, -0.15) is 12.6 Å². The minimum Gasteiger partial charge on any atom is -0.352 e. The van der Waals surface area contributed by atoms with Crippen LogP contribution in [0.3, 0.4) is 0 Å². The fourth-order valence-electron chi connectivity index (χ4n) is 1.02. The topological polar surface area (TPSA) is 29.1 Å². The third-order valence-electron chi connectivity index (χ3n) is 1.74. The normalized spacial score (nSPS) is 9.86. The fraction of sp³-hybridized carbons (Fsp3) is 0.300. The van der Waals surface area contributed by atoms with E-state index in [1.54, 1.807) is 24.3 Å². The maximum Gasteiger partial charge on any atom is 0.252 e. The molecule has 1 N–H and O–H groups in total. The van der Waals surface area contributed by atoms with Gasteiger partial charge in [0, 0.05) is 6.54 Å². The molecule has 0 fully saturated rings. The van der Waals surface area contributed by atoms with Crippen LogP contribution in [0.25, 0.3) is 0 Å². The van der Waals surface area contributed by atoms with Crippen LogP contribution in [0.4, 0.5) is 0 Å². The van der Waals surface area contributed by atoms with Crippen molar-refractivity contribution in [3.63, 3.8) is 0 Å². The van der Waals surface area contributed by atoms with E-state index in [9.17, 15) is 4.79 Å². The lowest BCUT2D eigenvalue weighted by atomic mass is 10.2. The molecule has 0 bridgehead atoms. The van der Waals surface area contributed by atoms with Crippen molar-refractivity contribution in [3.05, 3.63) is 34.9 Å². The SMILES string of the molecule is O=C(NCCCS)c1ccccc1Cl. The number of carbonyl (C=O) groups excluding carboxylic acids is 1. The zero-order valence-corrected chi connectivity index (χ0v) is 9.31. The summed E-state index contributed by atoms with van der Waals surface area (Å²) in [6.07, 6.45) is 0.860. The highest BCUT2D eigenvalue weighted by molar-refractivity contribution is 7.80. The van der Waals surface area contributed by atoms with Gasteiger partial charge in [0.1, 0.15) is 0 Å². The summed E-state index contributed by atoms with van der Waals surface area (Å²) in [5, 5.41) is 3.25. The van der Waals surface area contributed by atoms with Gasteiger partial charge in [0.15, 0.2) is 0 Å². The average molecular weight is 230 g/mol. The third kappa shape index (κ3) is 3.24. The molecule has 0 aliphatic rings. The Labute approximate surface area is 94.1 Å². The molecule has 76 valence electrons. The van der Waals surface area contributed by atoms with E-state index < -0.39 is 0 Å². The van der Waals surface area contributed by atoms with E-state index in [-0.39, 0.29) is 5.91 Å². The van der Waals surface area contributed by atoms with Gasteiger partial charge in [-0.1, -0.05) is 23.7 Å². The summed E-state index contributed by atoms with van der Waals surface area (Å²) in [5.74, 6) is 0.639. The molecule has 1 rings (SSSR count). The summed E-state index contributed by atoms with van der Waals surface area (Å²) in [6, 6.07) is 7.00. The van der Waals surface area contributed by atoms with Gasteiger partial charge in [0.2, 0.25) is 0 Å². The fourth-order valence-corrected chi connectivity index (χ4v) is 1.40. The number of nitrogens with one attached hydrogen (secondary N) is 1. The van der Waals surface area contributed by atoms with Crippen LogP contribution in [-0.2, 0) is 0 Å². The summed E-state index contributed by atoms with van der Waals surface area (Å²) in [7, 11) is 0. The number of thiol groups is 1. The van der Waals surface area contributed by atoms with Crippen molar-refractivity contribution in [2.24, 2.45) is 0 Å². The number of carbonyl (C=O) groups is 1. The van der Waals surface area contributed by atoms with Crippen molar-refractivity contribution >= 4 is 30.1 Å². The summed E-state index contributed by atoms with van der Waals surface area (Å²) in [6.45, 7) is 0.632. The Morgan fingerprint density at radius 1 is 1.43 bits per heavy atom. The molecule has 0 spiro atoms. The van der Waals surface area contributed by atoms with Crippen LogP contribution >= 0.6 is 24.2 Å². The second kappa shape index (κ2) is 5.94. The zero-order valence-electron chi connectivity index (χ0n) is 7.66. The van der Waals surface area contributed by atoms with Gasteiger partial charge in [-0.25, -0.2) is 0 Å². The molecule has 0 aromatic heterocycles. The minimum atomic E-state index is -0.127. The Bertz CT molecular complexity index is 317. The van der Waals surface area contributed by atoms with Crippen LogP contribution in [0.2, 0.25) is 5.02 Å². The van der Waals surface area contributed by atoms with Crippen molar-refractivity contribution in [1.29, 1.82) is 0 Å². The number of rotatable bonds is 4. The van der Waals surface area contributed by atoms with Gasteiger partial charge in [-0.3, -0.25) is 4.79 Å². The quantitative estimate of drug-likeness (QED) is 0.603. The summed E-state index contributed by atoms with van der Waals surface area (Å²) >= 11 is 9.91. The predicted octanol–water partition coefficient (Wildman–Crippen LogP) is 2.39. The molecule has 4 heteroatoms. The van der Waals surface area contributed by atoms with Crippen molar-refractivity contribution in [1.82, 2.24) is 5.32 Å². The Balaban J connectivity index is 2.56. The first-order chi connectivity index (χ1) is 6.75. The van der Waals surface area contributed by atoms with Gasteiger partial charge < -0.3 is 5.32 Å². The first-order valence-electron chi connectivity index (χ1n) is 4.39. The van der Waals surface area contributed by atoms with Gasteiger partial charge in [0.05, 0.1) is 10.6 Å². The molecule has 0 heterocycles. The molecule has 0 saturated carbocycles. The molecular formula is C10H12ClNOS. The monoisotopic (exact) mass is 229 g/mol. The van der Waals surface area contributed by atoms with Crippen molar-refractivity contribution in [2.75, 3.05) is 12.3 Å². The second-order valence-electron chi connectivity index (χ2n) is 2.81. The lowest BCUT2D eigenvalue weighted by Crippen LogP contribution is -2.24. The number of hydrogen-bond donors (Lipinski definition) is 2. The smallest absolute Gasteiger partial charge is 0.252 e. The summed E-state index contributed by atoms with van der Waals surface area (Å²) < 4.78 is 0. The molecule has 14 heavy (non-hydrogen) atoms. The molecule has 1 aromatic carbocycles. The number of amides is 1. The highest BCUT2D eigenvalue weighted by Crippen LogP contribution is 2.14. The zero-order chi connectivity index (χ0) is 10.4. The van der Waals surface area contributed by atoms with Crippen LogP contribution in [0.5, 0.6) is 0 Å². The first kappa shape index (κ1) is 11.4. The molecule has 2 nitrogen and oxygen atoms in total. The highest BCUT2D eigenvalue weighted by Gasteiger charge is 2.07. The molecule has 1 amide bonds. The van der Waals surface area contributed by atoms with E-state index in [0.717, 1.165) is 12.2 Å². The van der Waals surface area contributed by atoms with E-state index in [2.05, 4.69) is 17.9 Å². The van der Waals surface area contributed by atoms with E-state index in [0.29, 0.717) is 17.1 Å². The van der Waals surface area contributed by atoms with Crippen LogP contribution in [0.1, 0.15) is 16.8 Å². The summed E-state index contributed by atoms with van der Waals surface area (Å²) in [5.41, 5.74) is 0.522. The second-order valence-corrected chi connectivity index (χ2v) is 3.67. The van der Waals surface area contributed by atoms with E-state index >= 15 is 0 Å². The Kier molecular flexibility index (Phi) is 4.84. The van der Waals surface area contributed by atoms with E-state index in [1.807, 2.05) is 0 Å². The number of halogens is 1. The van der Waals surface area contributed by atoms with E-state index in [4.69, 9.17) is 11.6 Å².